The van der Waals surface area contributed by atoms with Crippen LogP contribution in [0.1, 0.15) is 21.7 Å². The van der Waals surface area contributed by atoms with Crippen molar-refractivity contribution in [3.63, 3.8) is 0 Å². The highest BCUT2D eigenvalue weighted by molar-refractivity contribution is 5.98. The third-order valence-electron chi connectivity index (χ3n) is 4.69. The Bertz CT molecular complexity index is 1030. The molecule has 0 spiro atoms. The van der Waals surface area contributed by atoms with Crippen LogP contribution in [-0.4, -0.2) is 42.2 Å². The first-order chi connectivity index (χ1) is 13.9. The van der Waals surface area contributed by atoms with Crippen molar-refractivity contribution in [3.8, 4) is 0 Å². The van der Waals surface area contributed by atoms with Crippen molar-refractivity contribution in [1.82, 2.24) is 15.3 Å². The van der Waals surface area contributed by atoms with Gasteiger partial charge in [-0.15, -0.1) is 0 Å². The van der Waals surface area contributed by atoms with Crippen LogP contribution in [0.25, 0.3) is 5.52 Å². The molecule has 10 heteroatoms. The molecule has 0 saturated carbocycles. The van der Waals surface area contributed by atoms with Gasteiger partial charge in [-0.25, -0.2) is 9.38 Å². The van der Waals surface area contributed by atoms with Gasteiger partial charge in [0.15, 0.2) is 5.52 Å². The maximum atomic E-state index is 12.8. The lowest BCUT2D eigenvalue weighted by Gasteiger charge is -2.21. The zero-order valence-corrected chi connectivity index (χ0v) is 15.4. The molecule has 0 unspecified atom stereocenters. The maximum Gasteiger partial charge on any atom is 0.416 e. The number of hydrogen-bond acceptors (Lipinski definition) is 4. The van der Waals surface area contributed by atoms with Crippen LogP contribution in [-0.2, 0) is 17.5 Å². The number of H-pyrrole nitrogens is 1. The number of fused-ring (bicyclic) bond motifs is 1. The lowest BCUT2D eigenvalue weighted by Crippen LogP contribution is -2.41. The second-order valence-electron chi connectivity index (χ2n) is 6.60. The van der Waals surface area contributed by atoms with Crippen molar-refractivity contribution in [1.29, 1.82) is 0 Å². The molecule has 0 aromatic carbocycles. The van der Waals surface area contributed by atoms with Crippen LogP contribution in [0.3, 0.4) is 0 Å². The number of imidazole rings is 1. The minimum absolute atomic E-state index is 0.117. The first kappa shape index (κ1) is 19.2. The van der Waals surface area contributed by atoms with E-state index in [1.165, 1.54) is 0 Å². The van der Waals surface area contributed by atoms with Crippen LogP contribution in [0, 0.1) is 0 Å². The maximum absolute atomic E-state index is 12.8. The summed E-state index contributed by atoms with van der Waals surface area (Å²) in [6.07, 6.45) is -1.52. The van der Waals surface area contributed by atoms with Gasteiger partial charge in [-0.05, 0) is 24.3 Å². The van der Waals surface area contributed by atoms with E-state index in [-0.39, 0.29) is 12.2 Å². The number of morpholine rings is 1. The Morgan fingerprint density at radius 2 is 2.07 bits per heavy atom. The van der Waals surface area contributed by atoms with Crippen molar-refractivity contribution in [3.05, 3.63) is 59.7 Å². The van der Waals surface area contributed by atoms with Crippen LogP contribution in [0.15, 0.2) is 42.7 Å². The number of nitrogens with one attached hydrogen (secondary N) is 2. The van der Waals surface area contributed by atoms with Gasteiger partial charge in [0.2, 0.25) is 5.69 Å². The minimum atomic E-state index is -4.46. The summed E-state index contributed by atoms with van der Waals surface area (Å²) in [7, 11) is 0. The highest BCUT2D eigenvalue weighted by Crippen LogP contribution is 2.29. The fourth-order valence-electron chi connectivity index (χ4n) is 3.26. The fraction of sp³-hybridized carbons (Fsp3) is 0.316. The van der Waals surface area contributed by atoms with Crippen LogP contribution in [0.4, 0.5) is 19.1 Å². The van der Waals surface area contributed by atoms with Gasteiger partial charge >= 0.3 is 12.1 Å². The van der Waals surface area contributed by atoms with E-state index in [1.54, 1.807) is 6.07 Å². The largest absolute Gasteiger partial charge is 0.416 e. The van der Waals surface area contributed by atoms with Crippen molar-refractivity contribution in [2.75, 3.05) is 31.2 Å². The fourth-order valence-corrected chi connectivity index (χ4v) is 3.26. The number of hydrogen-bond donors (Lipinski definition) is 2. The molecule has 4 heterocycles. The molecular weight excluding hydrogens is 387 g/mol. The number of aromatic nitrogens is 3. The van der Waals surface area contributed by atoms with E-state index < -0.39 is 17.6 Å². The minimum Gasteiger partial charge on any atom is -0.375 e. The Kier molecular flexibility index (Phi) is 5.10. The summed E-state index contributed by atoms with van der Waals surface area (Å²) < 4.78 is 45.8. The number of rotatable bonds is 4. The number of amides is 1. The number of anilines is 1. The van der Waals surface area contributed by atoms with E-state index in [4.69, 9.17) is 4.74 Å². The predicted octanol–water partition coefficient (Wildman–Crippen LogP) is 1.93. The molecule has 2 N–H and O–H groups in total. The van der Waals surface area contributed by atoms with Gasteiger partial charge in [-0.3, -0.25) is 14.7 Å². The summed E-state index contributed by atoms with van der Waals surface area (Å²) in [4.78, 5) is 21.9. The van der Waals surface area contributed by atoms with Gasteiger partial charge in [0.25, 0.3) is 5.91 Å². The van der Waals surface area contributed by atoms with E-state index in [1.807, 2.05) is 22.7 Å². The number of pyridine rings is 2. The summed E-state index contributed by atoms with van der Waals surface area (Å²) >= 11 is 0. The summed E-state index contributed by atoms with van der Waals surface area (Å²) in [5, 5.41) is 2.65. The van der Waals surface area contributed by atoms with E-state index in [0.717, 1.165) is 24.3 Å². The Hall–Kier alpha value is -3.14. The Labute approximate surface area is 164 Å². The second-order valence-corrected chi connectivity index (χ2v) is 6.60. The first-order valence-corrected chi connectivity index (χ1v) is 9.09. The van der Waals surface area contributed by atoms with E-state index in [0.29, 0.717) is 37.5 Å². The Morgan fingerprint density at radius 3 is 2.83 bits per heavy atom. The summed E-state index contributed by atoms with van der Waals surface area (Å²) in [6.45, 7) is 2.44. The van der Waals surface area contributed by atoms with Gasteiger partial charge in [0, 0.05) is 6.20 Å². The number of nitrogens with zero attached hydrogens (tertiary/aromatic N) is 3. The molecule has 0 atom stereocenters. The Morgan fingerprint density at radius 1 is 1.28 bits per heavy atom. The van der Waals surface area contributed by atoms with Crippen molar-refractivity contribution >= 4 is 17.4 Å². The SMILES string of the molecule is O=C(NCc1cc(C(F)(F)F)ccn1)c1[nH]c(N2CCOCC2)[n+]2ccccc12. The molecule has 4 rings (SSSR count). The number of ether oxygens (including phenoxy) is 1. The highest BCUT2D eigenvalue weighted by atomic mass is 19.4. The molecule has 1 fully saturated rings. The smallest absolute Gasteiger partial charge is 0.375 e. The van der Waals surface area contributed by atoms with Crippen molar-refractivity contribution in [2.45, 2.75) is 12.7 Å². The number of aromatic amines is 1. The number of halogens is 3. The molecule has 0 radical (unpaired) electrons. The van der Waals surface area contributed by atoms with Crippen LogP contribution in [0.2, 0.25) is 0 Å². The molecule has 1 amide bonds. The summed E-state index contributed by atoms with van der Waals surface area (Å²) in [6, 6.07) is 7.31. The second kappa shape index (κ2) is 7.70. The lowest BCUT2D eigenvalue weighted by atomic mass is 10.2. The molecule has 1 saturated heterocycles. The monoisotopic (exact) mass is 406 g/mol. The number of alkyl halides is 3. The van der Waals surface area contributed by atoms with Gasteiger partial charge in [-0.2, -0.15) is 13.2 Å². The van der Waals surface area contributed by atoms with Gasteiger partial charge < -0.3 is 10.1 Å². The zero-order valence-electron chi connectivity index (χ0n) is 15.4. The van der Waals surface area contributed by atoms with E-state index in [9.17, 15) is 18.0 Å². The van der Waals surface area contributed by atoms with E-state index in [2.05, 4.69) is 20.2 Å². The third kappa shape index (κ3) is 4.02. The van der Waals surface area contributed by atoms with Gasteiger partial charge in [0.05, 0.1) is 50.3 Å². The molecule has 3 aromatic heterocycles. The molecule has 29 heavy (non-hydrogen) atoms. The summed E-state index contributed by atoms with van der Waals surface area (Å²) in [5.41, 5.74) is 0.333. The first-order valence-electron chi connectivity index (χ1n) is 9.09. The molecule has 3 aromatic rings. The molecule has 7 nitrogen and oxygen atoms in total. The zero-order chi connectivity index (χ0) is 20.4. The standard InChI is InChI=1S/C19H18F3N5O2/c20-19(21,22)13-4-5-23-14(11-13)12-24-17(28)16-15-3-1-2-6-27(15)18(25-16)26-7-9-29-10-8-26/h1-6,11H,7-10,12H2,(H,24,28)/p+1. The van der Waals surface area contributed by atoms with Crippen LogP contribution < -0.4 is 14.6 Å². The molecule has 152 valence electrons. The van der Waals surface area contributed by atoms with Crippen molar-refractivity contribution in [2.24, 2.45) is 0 Å². The Balaban J connectivity index is 1.56. The normalized spacial score (nSPS) is 14.9. The molecule has 0 aliphatic carbocycles. The molecule has 1 aliphatic heterocycles. The predicted molar refractivity (Wildman–Crippen MR) is 97.4 cm³/mol. The van der Waals surface area contributed by atoms with Crippen LogP contribution in [0.5, 0.6) is 0 Å². The average molecular weight is 406 g/mol. The summed E-state index contributed by atoms with van der Waals surface area (Å²) in [5.74, 6) is 0.332. The highest BCUT2D eigenvalue weighted by Gasteiger charge is 2.31. The topological polar surface area (TPSA) is 74.3 Å². The number of carbonyl (C=O) groups excluding carboxylic acids is 1. The molecular formula is C19H19F3N5O2+. The van der Waals surface area contributed by atoms with E-state index >= 15 is 0 Å². The third-order valence-corrected chi connectivity index (χ3v) is 4.69. The van der Waals surface area contributed by atoms with Gasteiger partial charge in [0.1, 0.15) is 0 Å². The van der Waals surface area contributed by atoms with Gasteiger partial charge in [-0.1, -0.05) is 6.07 Å². The molecule has 1 aliphatic rings. The van der Waals surface area contributed by atoms with Crippen LogP contribution >= 0.6 is 0 Å². The number of carbonyl (C=O) groups is 1. The quantitative estimate of drug-likeness (QED) is 0.650. The van der Waals surface area contributed by atoms with Crippen molar-refractivity contribution < 1.29 is 27.1 Å². The average Bonchev–Trinajstić information content (AvgIpc) is 3.12. The molecule has 0 bridgehead atoms. The lowest BCUT2D eigenvalue weighted by molar-refractivity contribution is -0.497.